The van der Waals surface area contributed by atoms with Crippen molar-refractivity contribution in [2.45, 2.75) is 0 Å². The van der Waals surface area contributed by atoms with Crippen molar-refractivity contribution in [2.24, 2.45) is 0 Å². The summed E-state index contributed by atoms with van der Waals surface area (Å²) in [5.74, 6) is 1.28. The van der Waals surface area contributed by atoms with Gasteiger partial charge >= 0.3 is 0 Å². The van der Waals surface area contributed by atoms with Gasteiger partial charge in [0.05, 0.1) is 27.6 Å². The third-order valence-corrected chi connectivity index (χ3v) is 6.07. The Labute approximate surface area is 191 Å². The number of amides is 1. The molecule has 10 heteroatoms. The second-order valence-electron chi connectivity index (χ2n) is 6.34. The van der Waals surface area contributed by atoms with E-state index < -0.39 is 4.92 Å². The first-order chi connectivity index (χ1) is 14.9. The lowest BCUT2D eigenvalue weighted by Crippen LogP contribution is -2.27. The van der Waals surface area contributed by atoms with Crippen LogP contribution in [0.3, 0.4) is 0 Å². The van der Waals surface area contributed by atoms with E-state index in [1.54, 1.807) is 49.6 Å². The van der Waals surface area contributed by atoms with E-state index in [4.69, 9.17) is 33.0 Å². The van der Waals surface area contributed by atoms with E-state index in [-0.39, 0.29) is 16.6 Å². The molecule has 1 aromatic heterocycles. The zero-order chi connectivity index (χ0) is 22.1. The van der Waals surface area contributed by atoms with Gasteiger partial charge in [-0.1, -0.05) is 35.6 Å². The Balaban J connectivity index is 1.58. The molecule has 1 aliphatic heterocycles. The van der Waals surface area contributed by atoms with Crippen LogP contribution >= 0.6 is 35.6 Å². The summed E-state index contributed by atoms with van der Waals surface area (Å²) >= 11 is 12.7. The number of hydrogen-bond acceptors (Lipinski definition) is 7. The smallest absolute Gasteiger partial charge is 0.270 e. The van der Waals surface area contributed by atoms with E-state index in [9.17, 15) is 14.9 Å². The van der Waals surface area contributed by atoms with Gasteiger partial charge in [0.2, 0.25) is 0 Å². The molecule has 3 aromatic rings. The van der Waals surface area contributed by atoms with Crippen molar-refractivity contribution >= 4 is 63.3 Å². The predicted octanol–water partition coefficient (Wildman–Crippen LogP) is 5.92. The second kappa shape index (κ2) is 8.54. The van der Waals surface area contributed by atoms with E-state index >= 15 is 0 Å². The van der Waals surface area contributed by atoms with E-state index in [1.807, 2.05) is 0 Å². The average molecular weight is 473 g/mol. The first-order valence-corrected chi connectivity index (χ1v) is 10.4. The average Bonchev–Trinajstić information content (AvgIpc) is 3.32. The summed E-state index contributed by atoms with van der Waals surface area (Å²) in [5, 5.41) is 11.1. The number of nitro groups is 1. The van der Waals surface area contributed by atoms with Gasteiger partial charge in [0, 0.05) is 23.8 Å². The molecule has 0 spiro atoms. The van der Waals surface area contributed by atoms with Crippen LogP contribution in [0.25, 0.3) is 17.4 Å². The summed E-state index contributed by atoms with van der Waals surface area (Å²) in [4.78, 5) is 25.1. The Bertz CT molecular complexity index is 1240. The van der Waals surface area contributed by atoms with E-state index in [0.717, 1.165) is 0 Å². The molecule has 0 aliphatic carbocycles. The lowest BCUT2D eigenvalue weighted by molar-refractivity contribution is -0.384. The summed E-state index contributed by atoms with van der Waals surface area (Å²) in [7, 11) is 1.57. The maximum atomic E-state index is 12.9. The number of benzene rings is 2. The minimum absolute atomic E-state index is 0.109. The zero-order valence-electron chi connectivity index (χ0n) is 15.9. The molecule has 0 bridgehead atoms. The number of nitrogens with zero attached hydrogens (tertiary/aromatic N) is 2. The lowest BCUT2D eigenvalue weighted by atomic mass is 10.1. The number of anilines is 1. The number of methoxy groups -OCH3 is 1. The second-order valence-corrected chi connectivity index (χ2v) is 8.42. The molecule has 0 radical (unpaired) electrons. The van der Waals surface area contributed by atoms with Crippen LogP contribution in [-0.2, 0) is 4.79 Å². The number of hydrogen-bond donors (Lipinski definition) is 0. The van der Waals surface area contributed by atoms with E-state index in [0.29, 0.717) is 37.7 Å². The molecule has 2 heterocycles. The monoisotopic (exact) mass is 472 g/mol. The van der Waals surface area contributed by atoms with Crippen molar-refractivity contribution in [3.8, 4) is 17.1 Å². The topological polar surface area (TPSA) is 85.8 Å². The summed E-state index contributed by atoms with van der Waals surface area (Å²) in [6.07, 6.45) is 1.60. The van der Waals surface area contributed by atoms with Crippen LogP contribution in [0.2, 0.25) is 5.02 Å². The number of nitro benzene ring substituents is 1. The lowest BCUT2D eigenvalue weighted by Gasteiger charge is -2.14. The Morgan fingerprint density at radius 3 is 2.58 bits per heavy atom. The Hall–Kier alpha value is -3.14. The number of rotatable bonds is 5. The fourth-order valence-electron chi connectivity index (χ4n) is 2.94. The van der Waals surface area contributed by atoms with Crippen molar-refractivity contribution in [1.29, 1.82) is 0 Å². The van der Waals surface area contributed by atoms with Gasteiger partial charge in [0.1, 0.15) is 17.3 Å². The van der Waals surface area contributed by atoms with Crippen LogP contribution in [0.5, 0.6) is 5.75 Å². The molecular formula is C21H13ClN2O5S2. The summed E-state index contributed by atoms with van der Waals surface area (Å²) in [6, 6.07) is 14.5. The molecule has 2 aromatic carbocycles. The summed E-state index contributed by atoms with van der Waals surface area (Å²) < 4.78 is 11.3. The van der Waals surface area contributed by atoms with Gasteiger partial charge in [-0.3, -0.25) is 19.8 Å². The first-order valence-electron chi connectivity index (χ1n) is 8.83. The highest BCUT2D eigenvalue weighted by molar-refractivity contribution is 8.27. The number of ether oxygens (including phenoxy) is 1. The zero-order valence-corrected chi connectivity index (χ0v) is 18.3. The number of thiocarbonyl (C=S) groups is 1. The largest absolute Gasteiger partial charge is 0.497 e. The van der Waals surface area contributed by atoms with Crippen LogP contribution in [0.1, 0.15) is 5.76 Å². The van der Waals surface area contributed by atoms with Crippen LogP contribution in [0.4, 0.5) is 11.4 Å². The number of carbonyl (C=O) groups excluding carboxylic acids is 1. The van der Waals surface area contributed by atoms with Crippen molar-refractivity contribution in [3.63, 3.8) is 0 Å². The Morgan fingerprint density at radius 2 is 1.94 bits per heavy atom. The van der Waals surface area contributed by atoms with E-state index in [2.05, 4.69) is 0 Å². The number of non-ortho nitro benzene ring substituents is 1. The molecular weight excluding hydrogens is 460 g/mol. The molecule has 0 saturated carbocycles. The fourth-order valence-corrected chi connectivity index (χ4v) is 4.49. The molecule has 1 fully saturated rings. The molecule has 0 N–H and O–H groups in total. The molecule has 156 valence electrons. The SMILES string of the molecule is COc1ccc(N2C(=O)C(=Cc3ccc(-c4ccc([N+](=O)[O-])cc4Cl)o3)SC2=S)cc1. The highest BCUT2D eigenvalue weighted by Gasteiger charge is 2.33. The quantitative estimate of drug-likeness (QED) is 0.197. The minimum atomic E-state index is -0.520. The number of carbonyl (C=O) groups is 1. The fraction of sp³-hybridized carbons (Fsp3) is 0.0476. The molecule has 0 unspecified atom stereocenters. The summed E-state index contributed by atoms with van der Waals surface area (Å²) in [5.41, 5.74) is 1.05. The molecule has 31 heavy (non-hydrogen) atoms. The van der Waals surface area contributed by atoms with Crippen molar-refractivity contribution < 1.29 is 18.9 Å². The van der Waals surface area contributed by atoms with Gasteiger partial charge in [-0.15, -0.1) is 0 Å². The highest BCUT2D eigenvalue weighted by atomic mass is 35.5. The standard InChI is InChI=1S/C21H13ClN2O5S2/c1-28-14-5-2-12(3-6-14)23-20(25)19(31-21(23)30)11-15-7-9-18(29-15)16-8-4-13(24(26)27)10-17(16)22/h2-11H,1H3. The minimum Gasteiger partial charge on any atom is -0.497 e. The van der Waals surface area contributed by atoms with Gasteiger partial charge in [-0.2, -0.15) is 0 Å². The predicted molar refractivity (Wildman–Crippen MR) is 124 cm³/mol. The highest BCUT2D eigenvalue weighted by Crippen LogP contribution is 2.38. The van der Waals surface area contributed by atoms with Gasteiger partial charge in [0.25, 0.3) is 11.6 Å². The van der Waals surface area contributed by atoms with Crippen LogP contribution in [0, 0.1) is 10.1 Å². The maximum absolute atomic E-state index is 12.9. The Kier molecular flexibility index (Phi) is 5.81. The van der Waals surface area contributed by atoms with Crippen LogP contribution < -0.4 is 9.64 Å². The van der Waals surface area contributed by atoms with Crippen LogP contribution in [0.15, 0.2) is 63.9 Å². The maximum Gasteiger partial charge on any atom is 0.270 e. The summed E-state index contributed by atoms with van der Waals surface area (Å²) in [6.45, 7) is 0. The Morgan fingerprint density at radius 1 is 1.19 bits per heavy atom. The van der Waals surface area contributed by atoms with Gasteiger partial charge in [-0.25, -0.2) is 0 Å². The molecule has 1 saturated heterocycles. The molecule has 4 rings (SSSR count). The first kappa shape index (κ1) is 21.1. The van der Waals surface area contributed by atoms with Crippen LogP contribution in [-0.4, -0.2) is 22.3 Å². The number of thioether (sulfide) groups is 1. The van der Waals surface area contributed by atoms with Gasteiger partial charge in [-0.05, 0) is 42.5 Å². The van der Waals surface area contributed by atoms with Gasteiger partial charge < -0.3 is 9.15 Å². The van der Waals surface area contributed by atoms with Gasteiger partial charge in [0.15, 0.2) is 4.32 Å². The van der Waals surface area contributed by atoms with Crippen molar-refractivity contribution in [2.75, 3.05) is 12.0 Å². The normalized spacial score (nSPS) is 15.0. The number of halogens is 1. The molecule has 1 amide bonds. The van der Waals surface area contributed by atoms with Crippen molar-refractivity contribution in [1.82, 2.24) is 0 Å². The number of furan rings is 1. The van der Waals surface area contributed by atoms with E-state index in [1.165, 1.54) is 34.9 Å². The third-order valence-electron chi connectivity index (χ3n) is 4.45. The molecule has 1 aliphatic rings. The third kappa shape index (κ3) is 4.20. The van der Waals surface area contributed by atoms with Crippen molar-refractivity contribution in [3.05, 3.63) is 80.4 Å². The molecule has 7 nitrogen and oxygen atoms in total. The molecule has 0 atom stereocenters.